The predicted molar refractivity (Wildman–Crippen MR) is 52.4 cm³/mol. The van der Waals surface area contributed by atoms with Crippen molar-refractivity contribution in [1.29, 1.82) is 0 Å². The van der Waals surface area contributed by atoms with Crippen molar-refractivity contribution in [3.63, 3.8) is 0 Å². The third-order valence-corrected chi connectivity index (χ3v) is 2.22. The largest absolute Gasteiger partial charge is 0.326 e. The van der Waals surface area contributed by atoms with Crippen molar-refractivity contribution >= 4 is 17.1 Å². The summed E-state index contributed by atoms with van der Waals surface area (Å²) in [7, 11) is 0. The molecule has 0 aromatic carbocycles. The molecule has 0 amide bonds. The number of fused-ring (bicyclic) bond motifs is 1. The number of halogens is 1. The van der Waals surface area contributed by atoms with E-state index in [0.717, 1.165) is 12.0 Å². The van der Waals surface area contributed by atoms with Crippen LogP contribution < -0.4 is 5.56 Å². The zero-order valence-electron chi connectivity index (χ0n) is 6.96. The first-order chi connectivity index (χ1) is 6.33. The van der Waals surface area contributed by atoms with Crippen molar-refractivity contribution in [2.24, 2.45) is 0 Å². The highest BCUT2D eigenvalue weighted by atomic mass is 35.5. The first-order valence-electron chi connectivity index (χ1n) is 4.06. The minimum absolute atomic E-state index is 0.0624. The topological polar surface area (TPSA) is 37.3 Å². The molecule has 4 heteroatoms. The number of rotatable bonds is 2. The van der Waals surface area contributed by atoms with Crippen LogP contribution in [0.2, 0.25) is 0 Å². The zero-order valence-corrected chi connectivity index (χ0v) is 7.71. The van der Waals surface area contributed by atoms with Gasteiger partial charge in [-0.05, 0) is 18.1 Å². The second-order valence-electron chi connectivity index (χ2n) is 2.83. The molecule has 2 heterocycles. The van der Waals surface area contributed by atoms with Crippen molar-refractivity contribution in [1.82, 2.24) is 9.38 Å². The first kappa shape index (κ1) is 8.38. The number of hydrogen-bond donors (Lipinski definition) is 1. The van der Waals surface area contributed by atoms with E-state index in [4.69, 9.17) is 11.6 Å². The Bertz CT molecular complexity index is 472. The fourth-order valence-corrected chi connectivity index (χ4v) is 1.65. The maximum absolute atomic E-state index is 11.4. The molecule has 0 radical (unpaired) electrons. The lowest BCUT2D eigenvalue weighted by Gasteiger charge is -1.95. The summed E-state index contributed by atoms with van der Waals surface area (Å²) >= 11 is 5.62. The quantitative estimate of drug-likeness (QED) is 0.725. The van der Waals surface area contributed by atoms with Gasteiger partial charge in [0, 0.05) is 24.5 Å². The van der Waals surface area contributed by atoms with Crippen LogP contribution >= 0.6 is 11.6 Å². The highest BCUT2D eigenvalue weighted by Gasteiger charge is 2.04. The molecule has 0 atom stereocenters. The number of H-pyrrole nitrogens is 1. The van der Waals surface area contributed by atoms with Gasteiger partial charge < -0.3 is 9.38 Å². The number of nitrogens with one attached hydrogen (secondary N) is 1. The van der Waals surface area contributed by atoms with Gasteiger partial charge in [-0.1, -0.05) is 0 Å². The molecule has 0 unspecified atom stereocenters. The van der Waals surface area contributed by atoms with E-state index in [1.165, 1.54) is 0 Å². The predicted octanol–water partition coefficient (Wildman–Crippen LogP) is 1.41. The zero-order chi connectivity index (χ0) is 9.26. The van der Waals surface area contributed by atoms with Gasteiger partial charge in [0.25, 0.3) is 5.56 Å². The summed E-state index contributed by atoms with van der Waals surface area (Å²) in [6.45, 7) is 0. The van der Waals surface area contributed by atoms with E-state index in [2.05, 4.69) is 4.98 Å². The maximum atomic E-state index is 11.4. The summed E-state index contributed by atoms with van der Waals surface area (Å²) in [5, 5.41) is 0. The molecule has 3 nitrogen and oxygen atoms in total. The third-order valence-electron chi connectivity index (χ3n) is 2.03. The van der Waals surface area contributed by atoms with E-state index >= 15 is 0 Å². The van der Waals surface area contributed by atoms with Gasteiger partial charge >= 0.3 is 0 Å². The van der Waals surface area contributed by atoms with E-state index in [-0.39, 0.29) is 5.56 Å². The first-order valence-corrected chi connectivity index (χ1v) is 4.59. The second kappa shape index (κ2) is 3.26. The van der Waals surface area contributed by atoms with Crippen LogP contribution in [-0.4, -0.2) is 15.3 Å². The summed E-state index contributed by atoms with van der Waals surface area (Å²) in [6, 6.07) is 1.92. The second-order valence-corrected chi connectivity index (χ2v) is 3.20. The number of nitrogens with zero attached hydrogens (tertiary/aromatic N) is 1. The van der Waals surface area contributed by atoms with E-state index in [0.29, 0.717) is 11.4 Å². The molecule has 0 aliphatic heterocycles. The van der Waals surface area contributed by atoms with E-state index < -0.39 is 0 Å². The van der Waals surface area contributed by atoms with Gasteiger partial charge in [-0.2, -0.15) is 0 Å². The summed E-state index contributed by atoms with van der Waals surface area (Å²) in [4.78, 5) is 14.1. The Morgan fingerprint density at radius 2 is 2.31 bits per heavy atom. The van der Waals surface area contributed by atoms with E-state index in [1.807, 2.05) is 18.5 Å². The molecule has 0 bridgehead atoms. The Kier molecular flexibility index (Phi) is 2.10. The number of aromatic nitrogens is 2. The van der Waals surface area contributed by atoms with Crippen LogP contribution in [0.3, 0.4) is 0 Å². The number of aryl methyl sites for hydroxylation is 1. The molecule has 0 aliphatic carbocycles. The van der Waals surface area contributed by atoms with Crippen LogP contribution in [0, 0.1) is 0 Å². The molecule has 0 saturated heterocycles. The molecule has 0 fully saturated rings. The molecule has 0 saturated carbocycles. The molecular weight excluding hydrogens is 188 g/mol. The summed E-state index contributed by atoms with van der Waals surface area (Å²) in [6.07, 6.45) is 6.03. The van der Waals surface area contributed by atoms with Crippen LogP contribution in [0.4, 0.5) is 0 Å². The van der Waals surface area contributed by atoms with Crippen molar-refractivity contribution in [2.75, 3.05) is 5.88 Å². The molecule has 1 N–H and O–H groups in total. The Hall–Kier alpha value is -1.22. The van der Waals surface area contributed by atoms with Crippen LogP contribution in [-0.2, 0) is 6.42 Å². The van der Waals surface area contributed by atoms with Gasteiger partial charge in [-0.3, -0.25) is 4.79 Å². The molecular formula is C9H9ClN2O. The smallest absolute Gasteiger partial charge is 0.272 e. The van der Waals surface area contributed by atoms with Crippen LogP contribution in [0.1, 0.15) is 5.56 Å². The van der Waals surface area contributed by atoms with Crippen molar-refractivity contribution < 1.29 is 0 Å². The third kappa shape index (κ3) is 1.35. The summed E-state index contributed by atoms with van der Waals surface area (Å²) in [5.74, 6) is 0.536. The highest BCUT2D eigenvalue weighted by molar-refractivity contribution is 6.18. The van der Waals surface area contributed by atoms with Gasteiger partial charge in [0.15, 0.2) is 0 Å². The van der Waals surface area contributed by atoms with Crippen molar-refractivity contribution in [2.45, 2.75) is 6.42 Å². The average molecular weight is 197 g/mol. The molecule has 2 rings (SSSR count). The van der Waals surface area contributed by atoms with Gasteiger partial charge in [-0.15, -0.1) is 11.6 Å². The van der Waals surface area contributed by atoms with Gasteiger partial charge in [0.05, 0.1) is 0 Å². The molecule has 0 aliphatic rings. The Morgan fingerprint density at radius 1 is 1.46 bits per heavy atom. The molecule has 2 aromatic heterocycles. The summed E-state index contributed by atoms with van der Waals surface area (Å²) in [5.41, 5.74) is 1.63. The van der Waals surface area contributed by atoms with Crippen molar-refractivity contribution in [3.8, 4) is 0 Å². The molecule has 2 aromatic rings. The van der Waals surface area contributed by atoms with Gasteiger partial charge in [0.1, 0.15) is 5.52 Å². The lowest BCUT2D eigenvalue weighted by molar-refractivity contribution is 1.09. The van der Waals surface area contributed by atoms with E-state index in [1.54, 1.807) is 10.6 Å². The number of alkyl halides is 1. The van der Waals surface area contributed by atoms with Gasteiger partial charge in [0.2, 0.25) is 0 Å². The van der Waals surface area contributed by atoms with Gasteiger partial charge in [-0.25, -0.2) is 0 Å². The van der Waals surface area contributed by atoms with Crippen LogP contribution in [0.25, 0.3) is 5.52 Å². The highest BCUT2D eigenvalue weighted by Crippen LogP contribution is 2.08. The molecule has 68 valence electrons. The minimum Gasteiger partial charge on any atom is -0.326 e. The number of hydrogen-bond acceptors (Lipinski definition) is 1. The van der Waals surface area contributed by atoms with E-state index in [9.17, 15) is 4.79 Å². The van der Waals surface area contributed by atoms with Crippen molar-refractivity contribution in [3.05, 3.63) is 40.6 Å². The molecule has 13 heavy (non-hydrogen) atoms. The maximum Gasteiger partial charge on any atom is 0.272 e. The Labute approximate surface area is 80.0 Å². The molecule has 0 spiro atoms. The standard InChI is InChI=1S/C9H9ClN2O/c10-3-1-7-2-5-12-6-4-11-9(13)8(7)12/h2,4-6H,1,3H2,(H,11,13). The summed E-state index contributed by atoms with van der Waals surface area (Å²) < 4.78 is 1.81. The SMILES string of the molecule is O=c1[nH]ccn2ccc(CCCl)c12. The fraction of sp³-hybridized carbons (Fsp3) is 0.222. The van der Waals surface area contributed by atoms with Crippen LogP contribution in [0.15, 0.2) is 29.5 Å². The minimum atomic E-state index is -0.0624. The fourth-order valence-electron chi connectivity index (χ4n) is 1.44. The Balaban J connectivity index is 2.71. The normalized spacial score (nSPS) is 10.8. The lowest BCUT2D eigenvalue weighted by atomic mass is 10.2. The lowest BCUT2D eigenvalue weighted by Crippen LogP contribution is -2.09. The van der Waals surface area contributed by atoms with Crippen LogP contribution in [0.5, 0.6) is 0 Å². The Morgan fingerprint density at radius 3 is 3.08 bits per heavy atom. The number of aromatic amines is 1. The monoisotopic (exact) mass is 196 g/mol. The average Bonchev–Trinajstić information content (AvgIpc) is 2.51.